The fourth-order valence-corrected chi connectivity index (χ4v) is 1.57. The molecule has 5 heteroatoms. The number of aromatic nitrogens is 1. The lowest BCUT2D eigenvalue weighted by molar-refractivity contribution is -0.137. The minimum Gasteiger partial charge on any atom is -0.481 e. The zero-order chi connectivity index (χ0) is 13.2. The summed E-state index contributed by atoms with van der Waals surface area (Å²) in [4.78, 5) is 14.4. The number of nitrogens with one attached hydrogen (secondary N) is 1. The van der Waals surface area contributed by atoms with Crippen molar-refractivity contribution in [1.29, 1.82) is 0 Å². The van der Waals surface area contributed by atoms with Gasteiger partial charge in [-0.15, -0.1) is 0 Å². The molecule has 18 heavy (non-hydrogen) atoms. The SMILES string of the molecule is COc1ccc(CNCCCCCC(=O)O)cn1. The van der Waals surface area contributed by atoms with E-state index >= 15 is 0 Å². The summed E-state index contributed by atoms with van der Waals surface area (Å²) in [5.74, 6) is -0.0975. The molecule has 0 fully saturated rings. The molecule has 0 saturated heterocycles. The second kappa shape index (κ2) is 8.47. The zero-order valence-corrected chi connectivity index (χ0v) is 10.7. The molecule has 0 atom stereocenters. The third-order valence-electron chi connectivity index (χ3n) is 2.58. The van der Waals surface area contributed by atoms with Crippen LogP contribution in [0.1, 0.15) is 31.2 Å². The smallest absolute Gasteiger partial charge is 0.303 e. The van der Waals surface area contributed by atoms with Gasteiger partial charge < -0.3 is 15.2 Å². The van der Waals surface area contributed by atoms with Gasteiger partial charge in [-0.25, -0.2) is 4.98 Å². The van der Waals surface area contributed by atoms with Crippen molar-refractivity contribution < 1.29 is 14.6 Å². The Bertz CT molecular complexity index is 352. The zero-order valence-electron chi connectivity index (χ0n) is 10.7. The van der Waals surface area contributed by atoms with Crippen molar-refractivity contribution in [3.63, 3.8) is 0 Å². The highest BCUT2D eigenvalue weighted by Gasteiger charge is 1.97. The Hall–Kier alpha value is -1.62. The summed E-state index contributed by atoms with van der Waals surface area (Å²) in [6.07, 6.45) is 4.75. The van der Waals surface area contributed by atoms with Gasteiger partial charge in [-0.3, -0.25) is 4.79 Å². The molecule has 1 aromatic rings. The summed E-state index contributed by atoms with van der Waals surface area (Å²) in [6, 6.07) is 3.81. The molecule has 100 valence electrons. The van der Waals surface area contributed by atoms with Crippen LogP contribution < -0.4 is 10.1 Å². The topological polar surface area (TPSA) is 71.5 Å². The number of carboxylic acid groups (broad SMARTS) is 1. The molecule has 1 heterocycles. The lowest BCUT2D eigenvalue weighted by atomic mass is 10.2. The van der Waals surface area contributed by atoms with Crippen LogP contribution in [-0.4, -0.2) is 29.7 Å². The van der Waals surface area contributed by atoms with Gasteiger partial charge in [-0.05, 0) is 24.9 Å². The highest BCUT2D eigenvalue weighted by atomic mass is 16.5. The lowest BCUT2D eigenvalue weighted by Crippen LogP contribution is -2.14. The monoisotopic (exact) mass is 252 g/mol. The molecule has 0 unspecified atom stereocenters. The first-order chi connectivity index (χ1) is 8.72. The number of hydrogen-bond acceptors (Lipinski definition) is 4. The molecule has 0 saturated carbocycles. The van der Waals surface area contributed by atoms with Crippen LogP contribution in [0.2, 0.25) is 0 Å². The van der Waals surface area contributed by atoms with Gasteiger partial charge in [0.05, 0.1) is 7.11 Å². The van der Waals surface area contributed by atoms with Crippen LogP contribution in [0.4, 0.5) is 0 Å². The Kier molecular flexibility index (Phi) is 6.79. The minimum atomic E-state index is -0.715. The van der Waals surface area contributed by atoms with Gasteiger partial charge in [0.2, 0.25) is 5.88 Å². The first-order valence-corrected chi connectivity index (χ1v) is 6.14. The van der Waals surface area contributed by atoms with Crippen molar-refractivity contribution in [1.82, 2.24) is 10.3 Å². The third-order valence-corrected chi connectivity index (χ3v) is 2.58. The normalized spacial score (nSPS) is 10.3. The van der Waals surface area contributed by atoms with E-state index in [1.807, 2.05) is 12.1 Å². The predicted octanol–water partition coefficient (Wildman–Crippen LogP) is 1.82. The second-order valence-electron chi connectivity index (χ2n) is 4.09. The number of ether oxygens (including phenoxy) is 1. The summed E-state index contributed by atoms with van der Waals surface area (Å²) in [6.45, 7) is 1.67. The molecule has 2 N–H and O–H groups in total. The predicted molar refractivity (Wildman–Crippen MR) is 68.6 cm³/mol. The van der Waals surface area contributed by atoms with Gasteiger partial charge in [0, 0.05) is 25.2 Å². The largest absolute Gasteiger partial charge is 0.481 e. The van der Waals surface area contributed by atoms with Crippen LogP contribution in [0.3, 0.4) is 0 Å². The van der Waals surface area contributed by atoms with Gasteiger partial charge in [-0.1, -0.05) is 12.5 Å². The van der Waals surface area contributed by atoms with Crippen LogP contribution in [-0.2, 0) is 11.3 Å². The fraction of sp³-hybridized carbons (Fsp3) is 0.538. The van der Waals surface area contributed by atoms with E-state index in [4.69, 9.17) is 9.84 Å². The molecular formula is C13H20N2O3. The molecule has 0 radical (unpaired) electrons. The number of pyridine rings is 1. The van der Waals surface area contributed by atoms with E-state index < -0.39 is 5.97 Å². The molecule has 1 aromatic heterocycles. The summed E-state index contributed by atoms with van der Waals surface area (Å²) in [5.41, 5.74) is 1.11. The Morgan fingerprint density at radius 3 is 2.83 bits per heavy atom. The number of nitrogens with zero attached hydrogens (tertiary/aromatic N) is 1. The fourth-order valence-electron chi connectivity index (χ4n) is 1.57. The van der Waals surface area contributed by atoms with Crippen molar-refractivity contribution in [3.05, 3.63) is 23.9 Å². The first-order valence-electron chi connectivity index (χ1n) is 6.14. The van der Waals surface area contributed by atoms with Gasteiger partial charge >= 0.3 is 5.97 Å². The molecule has 0 bridgehead atoms. The average Bonchev–Trinajstić information content (AvgIpc) is 2.38. The number of rotatable bonds is 9. The molecule has 0 amide bonds. The number of carbonyl (C=O) groups is 1. The van der Waals surface area contributed by atoms with Crippen LogP contribution in [0.25, 0.3) is 0 Å². The molecule has 1 rings (SSSR count). The minimum absolute atomic E-state index is 0.266. The van der Waals surface area contributed by atoms with Crippen molar-refractivity contribution in [2.75, 3.05) is 13.7 Å². The Morgan fingerprint density at radius 2 is 2.22 bits per heavy atom. The highest BCUT2D eigenvalue weighted by Crippen LogP contribution is 2.06. The standard InChI is InChI=1S/C13H20N2O3/c1-18-12-7-6-11(10-15-12)9-14-8-4-2-3-5-13(16)17/h6-7,10,14H,2-5,8-9H2,1H3,(H,16,17). The Morgan fingerprint density at radius 1 is 1.39 bits per heavy atom. The molecule has 0 aromatic carbocycles. The number of methoxy groups -OCH3 is 1. The maximum Gasteiger partial charge on any atom is 0.303 e. The van der Waals surface area contributed by atoms with Crippen molar-refractivity contribution >= 4 is 5.97 Å². The number of hydrogen-bond donors (Lipinski definition) is 2. The molecule has 0 aliphatic rings. The highest BCUT2D eigenvalue weighted by molar-refractivity contribution is 5.66. The van der Waals surface area contributed by atoms with Gasteiger partial charge in [0.1, 0.15) is 0 Å². The summed E-state index contributed by atoms with van der Waals surface area (Å²) >= 11 is 0. The van der Waals surface area contributed by atoms with Crippen molar-refractivity contribution in [2.45, 2.75) is 32.2 Å². The molecule has 0 spiro atoms. The van der Waals surface area contributed by atoms with E-state index in [2.05, 4.69) is 10.3 Å². The lowest BCUT2D eigenvalue weighted by Gasteiger charge is -2.05. The van der Waals surface area contributed by atoms with Crippen LogP contribution in [0, 0.1) is 0 Å². The summed E-state index contributed by atoms with van der Waals surface area (Å²) < 4.78 is 4.98. The summed E-state index contributed by atoms with van der Waals surface area (Å²) in [5, 5.41) is 11.8. The maximum atomic E-state index is 10.3. The van der Waals surface area contributed by atoms with Crippen molar-refractivity contribution in [2.24, 2.45) is 0 Å². The van der Waals surface area contributed by atoms with E-state index in [1.54, 1.807) is 13.3 Å². The first kappa shape index (κ1) is 14.4. The second-order valence-corrected chi connectivity index (χ2v) is 4.09. The van der Waals surface area contributed by atoms with E-state index in [9.17, 15) is 4.79 Å². The Balaban J connectivity index is 2.05. The molecule has 0 aliphatic heterocycles. The molecule has 5 nitrogen and oxygen atoms in total. The maximum absolute atomic E-state index is 10.3. The van der Waals surface area contributed by atoms with Gasteiger partial charge in [0.25, 0.3) is 0 Å². The van der Waals surface area contributed by atoms with E-state index in [0.717, 1.165) is 37.9 Å². The third kappa shape index (κ3) is 6.20. The molecule has 0 aliphatic carbocycles. The van der Waals surface area contributed by atoms with Gasteiger partial charge in [0.15, 0.2) is 0 Å². The van der Waals surface area contributed by atoms with E-state index in [-0.39, 0.29) is 6.42 Å². The number of carboxylic acids is 1. The number of unbranched alkanes of at least 4 members (excludes halogenated alkanes) is 2. The van der Waals surface area contributed by atoms with Crippen LogP contribution in [0.15, 0.2) is 18.3 Å². The average molecular weight is 252 g/mol. The van der Waals surface area contributed by atoms with E-state index in [0.29, 0.717) is 5.88 Å². The van der Waals surface area contributed by atoms with Crippen molar-refractivity contribution in [3.8, 4) is 5.88 Å². The number of aliphatic carboxylic acids is 1. The molecular weight excluding hydrogens is 232 g/mol. The van der Waals surface area contributed by atoms with E-state index in [1.165, 1.54) is 0 Å². The van der Waals surface area contributed by atoms with Crippen LogP contribution in [0.5, 0.6) is 5.88 Å². The Labute approximate surface area is 107 Å². The quantitative estimate of drug-likeness (QED) is 0.656. The van der Waals surface area contributed by atoms with Crippen LogP contribution >= 0.6 is 0 Å². The van der Waals surface area contributed by atoms with Gasteiger partial charge in [-0.2, -0.15) is 0 Å². The summed E-state index contributed by atoms with van der Waals surface area (Å²) in [7, 11) is 1.59.